The van der Waals surface area contributed by atoms with Gasteiger partial charge < -0.3 is 4.74 Å². The van der Waals surface area contributed by atoms with Gasteiger partial charge in [-0.15, -0.1) is 0 Å². The fourth-order valence-corrected chi connectivity index (χ4v) is 2.07. The van der Waals surface area contributed by atoms with E-state index in [1.807, 2.05) is 27.7 Å². The zero-order valence-electron chi connectivity index (χ0n) is 11.5. The number of carbonyl (C=O) groups is 1. The van der Waals surface area contributed by atoms with E-state index < -0.39 is 5.60 Å². The topological polar surface area (TPSA) is 38.8 Å². The quantitative estimate of drug-likeness (QED) is 0.712. The van der Waals surface area contributed by atoms with Crippen molar-refractivity contribution in [3.63, 3.8) is 0 Å². The predicted molar refractivity (Wildman–Crippen MR) is 66.6 cm³/mol. The monoisotopic (exact) mass is 243 g/mol. The molecule has 0 aromatic carbocycles. The molecule has 17 heavy (non-hydrogen) atoms. The van der Waals surface area contributed by atoms with Crippen LogP contribution in [-0.4, -0.2) is 29.4 Å². The summed E-state index contributed by atoms with van der Waals surface area (Å²) in [6, 6.07) is 0.179. The molecule has 0 radical (unpaired) electrons. The van der Waals surface area contributed by atoms with Crippen LogP contribution in [0.2, 0.25) is 0 Å². The fraction of sp³-hybridized carbons (Fsp3) is 0.923. The maximum Gasteiger partial charge on any atom is 0.434 e. The molecule has 0 aliphatic heterocycles. The van der Waals surface area contributed by atoms with Crippen LogP contribution in [0, 0.1) is 0 Å². The van der Waals surface area contributed by atoms with E-state index in [1.165, 1.54) is 11.5 Å². The molecular weight excluding hydrogens is 218 g/mol. The summed E-state index contributed by atoms with van der Waals surface area (Å²) in [6.07, 6.45) is 5.25. The molecule has 0 heterocycles. The Kier molecular flexibility index (Phi) is 5.25. The van der Waals surface area contributed by atoms with Crippen LogP contribution in [0.5, 0.6) is 0 Å². The van der Waals surface area contributed by atoms with Crippen LogP contribution in [0.25, 0.3) is 0 Å². The van der Waals surface area contributed by atoms with E-state index in [1.54, 1.807) is 0 Å². The molecule has 0 saturated heterocycles. The first-order valence-electron chi connectivity index (χ1n) is 6.59. The molecule has 0 bridgehead atoms. The van der Waals surface area contributed by atoms with Gasteiger partial charge in [-0.05, 0) is 40.5 Å². The number of hydrogen-bond donors (Lipinski definition) is 0. The van der Waals surface area contributed by atoms with Gasteiger partial charge in [0.1, 0.15) is 5.60 Å². The van der Waals surface area contributed by atoms with E-state index >= 15 is 0 Å². The first-order valence-corrected chi connectivity index (χ1v) is 6.59. The van der Waals surface area contributed by atoms with Gasteiger partial charge in [0, 0.05) is 0 Å². The van der Waals surface area contributed by atoms with Crippen molar-refractivity contribution in [2.24, 2.45) is 0 Å². The van der Waals surface area contributed by atoms with E-state index in [-0.39, 0.29) is 12.1 Å². The summed E-state index contributed by atoms with van der Waals surface area (Å²) in [4.78, 5) is 17.5. The van der Waals surface area contributed by atoms with Crippen LogP contribution in [0.1, 0.15) is 59.8 Å². The van der Waals surface area contributed by atoms with Gasteiger partial charge in [0.05, 0.1) is 12.6 Å². The maximum absolute atomic E-state index is 12.0. The normalized spacial score (nSPS) is 17.9. The van der Waals surface area contributed by atoms with Crippen LogP contribution < -0.4 is 0 Å². The first kappa shape index (κ1) is 14.3. The second-order valence-corrected chi connectivity index (χ2v) is 5.52. The van der Waals surface area contributed by atoms with Gasteiger partial charge in [-0.2, -0.15) is 5.06 Å². The van der Waals surface area contributed by atoms with Gasteiger partial charge in [0.2, 0.25) is 0 Å². The summed E-state index contributed by atoms with van der Waals surface area (Å²) in [6.45, 7) is 8.00. The number of amides is 1. The minimum Gasteiger partial charge on any atom is -0.442 e. The molecule has 1 amide bonds. The van der Waals surface area contributed by atoms with Gasteiger partial charge in [0.25, 0.3) is 0 Å². The van der Waals surface area contributed by atoms with Crippen molar-refractivity contribution in [2.45, 2.75) is 71.4 Å². The number of ether oxygens (including phenoxy) is 1. The van der Waals surface area contributed by atoms with Gasteiger partial charge in [-0.25, -0.2) is 4.79 Å². The van der Waals surface area contributed by atoms with Gasteiger partial charge in [-0.1, -0.05) is 19.3 Å². The second kappa shape index (κ2) is 6.24. The van der Waals surface area contributed by atoms with E-state index in [4.69, 9.17) is 9.57 Å². The van der Waals surface area contributed by atoms with Crippen LogP contribution in [0.4, 0.5) is 4.79 Å². The van der Waals surface area contributed by atoms with Crippen molar-refractivity contribution < 1.29 is 14.4 Å². The lowest BCUT2D eigenvalue weighted by Crippen LogP contribution is -2.44. The van der Waals surface area contributed by atoms with Crippen molar-refractivity contribution in [3.05, 3.63) is 0 Å². The Bertz CT molecular complexity index is 242. The minimum absolute atomic E-state index is 0.179. The summed E-state index contributed by atoms with van der Waals surface area (Å²) < 4.78 is 5.37. The number of rotatable bonds is 3. The molecule has 1 aliphatic rings. The molecule has 1 saturated carbocycles. The van der Waals surface area contributed by atoms with Gasteiger partial charge in [0.15, 0.2) is 0 Å². The molecule has 100 valence electrons. The molecule has 1 aliphatic carbocycles. The molecule has 0 spiro atoms. The highest BCUT2D eigenvalue weighted by Gasteiger charge is 2.30. The SMILES string of the molecule is CCON(C(=O)OC(C)(C)C)C1CCCCC1. The Morgan fingerprint density at radius 2 is 1.82 bits per heavy atom. The average Bonchev–Trinajstić information content (AvgIpc) is 2.24. The minimum atomic E-state index is -0.471. The Morgan fingerprint density at radius 1 is 1.24 bits per heavy atom. The Labute approximate surface area is 104 Å². The third-order valence-electron chi connectivity index (χ3n) is 2.75. The third-order valence-corrected chi connectivity index (χ3v) is 2.75. The van der Waals surface area contributed by atoms with Crippen molar-refractivity contribution in [1.29, 1.82) is 0 Å². The molecule has 1 rings (SSSR count). The second-order valence-electron chi connectivity index (χ2n) is 5.52. The third kappa shape index (κ3) is 4.94. The molecule has 0 N–H and O–H groups in total. The summed E-state index contributed by atoms with van der Waals surface area (Å²) in [5, 5.41) is 1.45. The van der Waals surface area contributed by atoms with E-state index in [2.05, 4.69) is 0 Å². The molecule has 4 nitrogen and oxygen atoms in total. The number of hydrogen-bond acceptors (Lipinski definition) is 3. The standard InChI is InChI=1S/C13H25NO3/c1-5-16-14(11-9-7-6-8-10-11)12(15)17-13(2,3)4/h11H,5-10H2,1-4H3. The first-order chi connectivity index (χ1) is 7.94. The molecule has 1 fully saturated rings. The summed E-state index contributed by atoms with van der Waals surface area (Å²) in [5.41, 5.74) is -0.471. The van der Waals surface area contributed by atoms with E-state index in [9.17, 15) is 4.79 Å². The molecule has 0 aromatic rings. The summed E-state index contributed by atoms with van der Waals surface area (Å²) >= 11 is 0. The molecule has 4 heteroatoms. The smallest absolute Gasteiger partial charge is 0.434 e. The highest BCUT2D eigenvalue weighted by molar-refractivity contribution is 5.67. The predicted octanol–water partition coefficient (Wildman–Crippen LogP) is 3.51. The van der Waals surface area contributed by atoms with Gasteiger partial charge >= 0.3 is 6.09 Å². The highest BCUT2D eigenvalue weighted by atomic mass is 16.7. The lowest BCUT2D eigenvalue weighted by Gasteiger charge is -2.34. The summed E-state index contributed by atoms with van der Waals surface area (Å²) in [5.74, 6) is 0. The van der Waals surface area contributed by atoms with Crippen molar-refractivity contribution in [2.75, 3.05) is 6.61 Å². The molecule has 0 aromatic heterocycles. The lowest BCUT2D eigenvalue weighted by molar-refractivity contribution is -0.172. The Hall–Kier alpha value is -0.770. The van der Waals surface area contributed by atoms with Crippen molar-refractivity contribution in [3.8, 4) is 0 Å². The maximum atomic E-state index is 12.0. The van der Waals surface area contributed by atoms with Crippen LogP contribution >= 0.6 is 0 Å². The zero-order chi connectivity index (χ0) is 12.9. The molecule has 0 unspecified atom stereocenters. The number of hydroxylamine groups is 2. The number of carbonyl (C=O) groups excluding carboxylic acids is 1. The zero-order valence-corrected chi connectivity index (χ0v) is 11.5. The van der Waals surface area contributed by atoms with Gasteiger partial charge in [-0.3, -0.25) is 4.84 Å². The fourth-order valence-electron chi connectivity index (χ4n) is 2.07. The summed E-state index contributed by atoms with van der Waals surface area (Å²) in [7, 11) is 0. The van der Waals surface area contributed by atoms with Crippen LogP contribution in [-0.2, 0) is 9.57 Å². The average molecular weight is 243 g/mol. The van der Waals surface area contributed by atoms with Crippen molar-refractivity contribution in [1.82, 2.24) is 5.06 Å². The Morgan fingerprint density at radius 3 is 2.29 bits per heavy atom. The molecular formula is C13H25NO3. The largest absolute Gasteiger partial charge is 0.442 e. The molecule has 0 atom stereocenters. The van der Waals surface area contributed by atoms with E-state index in [0.29, 0.717) is 6.61 Å². The highest BCUT2D eigenvalue weighted by Crippen LogP contribution is 2.24. The number of nitrogens with zero attached hydrogens (tertiary/aromatic N) is 1. The van der Waals surface area contributed by atoms with E-state index in [0.717, 1.165) is 25.7 Å². The lowest BCUT2D eigenvalue weighted by atomic mass is 9.95. The Balaban J connectivity index is 2.60. The van der Waals surface area contributed by atoms with Crippen LogP contribution in [0.15, 0.2) is 0 Å². The van der Waals surface area contributed by atoms with Crippen LogP contribution in [0.3, 0.4) is 0 Å². The van der Waals surface area contributed by atoms with Crippen molar-refractivity contribution >= 4 is 6.09 Å².